The van der Waals surface area contributed by atoms with E-state index in [0.717, 1.165) is 18.0 Å². The lowest BCUT2D eigenvalue weighted by atomic mass is 9.78. The number of fused-ring (bicyclic) bond motifs is 1. The Morgan fingerprint density at radius 2 is 1.59 bits per heavy atom. The van der Waals surface area contributed by atoms with Crippen molar-refractivity contribution in [1.82, 2.24) is 4.90 Å². The van der Waals surface area contributed by atoms with Crippen molar-refractivity contribution in [1.29, 1.82) is 0 Å². The van der Waals surface area contributed by atoms with Crippen molar-refractivity contribution in [2.45, 2.75) is 32.7 Å². The van der Waals surface area contributed by atoms with Gasteiger partial charge in [-0.25, -0.2) is 4.99 Å². The highest BCUT2D eigenvalue weighted by molar-refractivity contribution is 8.16. The highest BCUT2D eigenvalue weighted by Gasteiger charge is 2.41. The molecule has 0 saturated heterocycles. The lowest BCUT2D eigenvalue weighted by Crippen LogP contribution is -2.35. The Labute approximate surface area is 206 Å². The standard InChI is InChI=1S/C31H28N2S/c1-21-13-15-24(16-14-21)28-20-34-31-32-29-26(19-23-9-5-3-6-10-23)17-22(2)18-27(29)30(33(28)31)25-11-7-4-8-12-25/h3-16,19-20,22,30H,17-18H2,1-2H3. The van der Waals surface area contributed by atoms with Gasteiger partial charge in [-0.3, -0.25) is 0 Å². The largest absolute Gasteiger partial charge is 0.308 e. The Hall–Kier alpha value is -3.30. The van der Waals surface area contributed by atoms with E-state index in [2.05, 4.69) is 115 Å². The van der Waals surface area contributed by atoms with Crippen molar-refractivity contribution in [3.8, 4) is 0 Å². The van der Waals surface area contributed by atoms with Crippen LogP contribution in [-0.2, 0) is 0 Å². The minimum absolute atomic E-state index is 0.160. The number of allylic oxidation sites excluding steroid dienone is 1. The minimum Gasteiger partial charge on any atom is -0.308 e. The van der Waals surface area contributed by atoms with E-state index >= 15 is 0 Å². The Morgan fingerprint density at radius 1 is 0.882 bits per heavy atom. The lowest BCUT2D eigenvalue weighted by molar-refractivity contribution is 0.425. The number of nitrogens with zero attached hydrogens (tertiary/aromatic N) is 2. The lowest BCUT2D eigenvalue weighted by Gasteiger charge is -2.41. The van der Waals surface area contributed by atoms with E-state index in [9.17, 15) is 0 Å². The van der Waals surface area contributed by atoms with Gasteiger partial charge in [0.25, 0.3) is 0 Å². The zero-order valence-corrected chi connectivity index (χ0v) is 20.4. The van der Waals surface area contributed by atoms with Crippen LogP contribution in [0.5, 0.6) is 0 Å². The van der Waals surface area contributed by atoms with Crippen molar-refractivity contribution in [2.75, 3.05) is 0 Å². The summed E-state index contributed by atoms with van der Waals surface area (Å²) in [5.41, 5.74) is 10.4. The molecule has 2 nitrogen and oxygen atoms in total. The molecule has 3 aliphatic rings. The first kappa shape index (κ1) is 21.2. The molecule has 168 valence electrons. The van der Waals surface area contributed by atoms with E-state index in [1.807, 2.05) is 0 Å². The molecule has 0 saturated carbocycles. The van der Waals surface area contributed by atoms with Gasteiger partial charge in [0.1, 0.15) is 0 Å². The van der Waals surface area contributed by atoms with Gasteiger partial charge in [-0.1, -0.05) is 109 Å². The quantitative estimate of drug-likeness (QED) is 0.391. The second-order valence-electron chi connectivity index (χ2n) is 9.53. The maximum atomic E-state index is 5.31. The fourth-order valence-corrected chi connectivity index (χ4v) is 6.24. The number of rotatable bonds is 3. The molecular weight excluding hydrogens is 432 g/mol. The summed E-state index contributed by atoms with van der Waals surface area (Å²) in [5.74, 6) is 0.582. The normalized spacial score (nSPS) is 22.9. The number of benzene rings is 3. The summed E-state index contributed by atoms with van der Waals surface area (Å²) in [6.07, 6.45) is 4.48. The first-order valence-electron chi connectivity index (χ1n) is 12.0. The summed E-state index contributed by atoms with van der Waals surface area (Å²) in [4.78, 5) is 7.79. The van der Waals surface area contributed by atoms with Gasteiger partial charge < -0.3 is 4.90 Å². The van der Waals surface area contributed by atoms with Crippen molar-refractivity contribution < 1.29 is 0 Å². The molecule has 34 heavy (non-hydrogen) atoms. The van der Waals surface area contributed by atoms with Crippen molar-refractivity contribution in [3.63, 3.8) is 0 Å². The number of hydrogen-bond donors (Lipinski definition) is 0. The van der Waals surface area contributed by atoms with E-state index in [-0.39, 0.29) is 6.04 Å². The molecule has 0 N–H and O–H groups in total. The number of hydrogen-bond acceptors (Lipinski definition) is 3. The van der Waals surface area contributed by atoms with Crippen LogP contribution in [0.4, 0.5) is 0 Å². The summed E-state index contributed by atoms with van der Waals surface area (Å²) in [7, 11) is 0. The SMILES string of the molecule is Cc1ccc(C2=CSC3=NC4=C(CC(C)CC4=Cc4ccccc4)C(c4ccccc4)N23)cc1. The summed E-state index contributed by atoms with van der Waals surface area (Å²) in [6.45, 7) is 4.52. The average Bonchev–Trinajstić information content (AvgIpc) is 3.28. The molecule has 2 aliphatic heterocycles. The van der Waals surface area contributed by atoms with Crippen molar-refractivity contribution in [3.05, 3.63) is 129 Å². The molecule has 3 aromatic rings. The molecule has 2 atom stereocenters. The molecule has 0 spiro atoms. The van der Waals surface area contributed by atoms with E-state index in [1.54, 1.807) is 11.8 Å². The summed E-state index contributed by atoms with van der Waals surface area (Å²) < 4.78 is 0. The van der Waals surface area contributed by atoms with Crippen LogP contribution in [0.25, 0.3) is 11.8 Å². The molecule has 6 rings (SSSR count). The average molecular weight is 461 g/mol. The molecule has 0 bridgehead atoms. The van der Waals surface area contributed by atoms with Crippen LogP contribution < -0.4 is 0 Å². The van der Waals surface area contributed by atoms with E-state index in [0.29, 0.717) is 5.92 Å². The van der Waals surface area contributed by atoms with Crippen LogP contribution in [0.2, 0.25) is 0 Å². The van der Waals surface area contributed by atoms with E-state index in [4.69, 9.17) is 4.99 Å². The smallest absolute Gasteiger partial charge is 0.174 e. The molecular formula is C31H28N2S. The van der Waals surface area contributed by atoms with Crippen LogP contribution in [0.3, 0.4) is 0 Å². The second kappa shape index (κ2) is 8.81. The topological polar surface area (TPSA) is 15.6 Å². The zero-order chi connectivity index (χ0) is 23.1. The third-order valence-corrected chi connectivity index (χ3v) is 7.73. The zero-order valence-electron chi connectivity index (χ0n) is 19.6. The van der Waals surface area contributed by atoms with E-state index < -0.39 is 0 Å². The van der Waals surface area contributed by atoms with Gasteiger partial charge >= 0.3 is 0 Å². The molecule has 0 fully saturated rings. The number of amidine groups is 1. The van der Waals surface area contributed by atoms with Gasteiger partial charge in [-0.05, 0) is 59.6 Å². The van der Waals surface area contributed by atoms with Gasteiger partial charge in [0.2, 0.25) is 0 Å². The fraction of sp³-hybridized carbons (Fsp3) is 0.194. The Balaban J connectivity index is 1.51. The van der Waals surface area contributed by atoms with Gasteiger partial charge in [0.05, 0.1) is 17.4 Å². The maximum Gasteiger partial charge on any atom is 0.174 e. The third kappa shape index (κ3) is 3.84. The second-order valence-corrected chi connectivity index (χ2v) is 10.4. The molecule has 0 amide bonds. The molecule has 3 aromatic carbocycles. The number of aliphatic imine (C=N–C) groups is 1. The molecule has 1 aliphatic carbocycles. The van der Waals surface area contributed by atoms with Crippen molar-refractivity contribution in [2.24, 2.45) is 10.9 Å². The van der Waals surface area contributed by atoms with Crippen LogP contribution >= 0.6 is 11.8 Å². The Morgan fingerprint density at radius 3 is 2.32 bits per heavy atom. The molecule has 2 heterocycles. The van der Waals surface area contributed by atoms with Crippen LogP contribution in [0.15, 0.2) is 112 Å². The predicted molar refractivity (Wildman–Crippen MR) is 145 cm³/mol. The number of aryl methyl sites for hydroxylation is 1. The summed E-state index contributed by atoms with van der Waals surface area (Å²) in [6, 6.07) is 30.7. The third-order valence-electron chi connectivity index (χ3n) is 6.89. The van der Waals surface area contributed by atoms with Crippen LogP contribution in [0, 0.1) is 12.8 Å². The van der Waals surface area contributed by atoms with Gasteiger partial charge in [0.15, 0.2) is 5.17 Å². The van der Waals surface area contributed by atoms with Gasteiger partial charge in [-0.2, -0.15) is 0 Å². The minimum atomic E-state index is 0.160. The fourth-order valence-electron chi connectivity index (χ4n) is 5.31. The monoisotopic (exact) mass is 460 g/mol. The first-order chi connectivity index (χ1) is 16.7. The van der Waals surface area contributed by atoms with Crippen LogP contribution in [0.1, 0.15) is 48.1 Å². The molecule has 2 unspecified atom stereocenters. The summed E-state index contributed by atoms with van der Waals surface area (Å²) in [5, 5.41) is 3.36. The van der Waals surface area contributed by atoms with Gasteiger partial charge in [-0.15, -0.1) is 0 Å². The van der Waals surface area contributed by atoms with E-state index in [1.165, 1.54) is 44.8 Å². The predicted octanol–water partition coefficient (Wildman–Crippen LogP) is 8.22. The Bertz CT molecular complexity index is 1330. The maximum absolute atomic E-state index is 5.31. The van der Waals surface area contributed by atoms with Crippen molar-refractivity contribution >= 4 is 28.7 Å². The molecule has 0 radical (unpaired) electrons. The van der Waals surface area contributed by atoms with Gasteiger partial charge in [0, 0.05) is 5.41 Å². The summed E-state index contributed by atoms with van der Waals surface area (Å²) >= 11 is 1.75. The first-order valence-corrected chi connectivity index (χ1v) is 12.9. The highest BCUT2D eigenvalue weighted by Crippen LogP contribution is 2.51. The Kier molecular flexibility index (Phi) is 5.50. The highest BCUT2D eigenvalue weighted by atomic mass is 32.2. The molecule has 3 heteroatoms. The van der Waals surface area contributed by atoms with Crippen LogP contribution in [-0.4, -0.2) is 10.1 Å². The molecule has 0 aromatic heterocycles. The number of thioether (sulfide) groups is 1.